The Bertz CT molecular complexity index is 1100. The molecule has 0 radical (unpaired) electrons. The third kappa shape index (κ3) is 5.68. The molecule has 3 aromatic rings. The van der Waals surface area contributed by atoms with Crippen molar-refractivity contribution in [2.45, 2.75) is 69.9 Å². The second kappa shape index (κ2) is 11.3. The molecule has 2 atom stereocenters. The molecule has 1 aromatic heterocycles. The molecular weight excluding hydrogens is 424 g/mol. The molecule has 6 heteroatoms. The number of hydrogen-bond donors (Lipinski definition) is 4. The van der Waals surface area contributed by atoms with Crippen molar-refractivity contribution in [2.24, 2.45) is 5.73 Å². The van der Waals surface area contributed by atoms with E-state index in [0.717, 1.165) is 55.0 Å². The highest BCUT2D eigenvalue weighted by Gasteiger charge is 2.32. The molecule has 0 saturated heterocycles. The summed E-state index contributed by atoms with van der Waals surface area (Å²) in [7, 11) is 0. The first-order valence-electron chi connectivity index (χ1n) is 12.5. The number of nitrogens with two attached hydrogens (primary N) is 1. The van der Waals surface area contributed by atoms with Crippen LogP contribution in [0.4, 0.5) is 0 Å². The van der Waals surface area contributed by atoms with Gasteiger partial charge in [-0.1, -0.05) is 62.2 Å². The predicted octanol–water partition coefficient (Wildman–Crippen LogP) is 3.95. The lowest BCUT2D eigenvalue weighted by atomic mass is 9.91. The standard InChI is InChI=1S/C28H36N4O2/c1-19(24-18-30-25-13-8-7-12-23(24)25)27(32-26(33)14-4-2-3-9-15-29)28(34)31-22-16-20-10-5-6-11-21(20)17-22/h5-8,10-13,18-19,22,27,30H,2-4,9,14-17,29H2,1H3,(H,31,34)(H,32,33). The number of aromatic nitrogens is 1. The maximum atomic E-state index is 13.5. The lowest BCUT2D eigenvalue weighted by molar-refractivity contribution is -0.130. The fourth-order valence-electron chi connectivity index (χ4n) is 5.05. The van der Waals surface area contributed by atoms with Crippen molar-refractivity contribution in [1.82, 2.24) is 15.6 Å². The van der Waals surface area contributed by atoms with Crippen molar-refractivity contribution in [3.63, 3.8) is 0 Å². The fraction of sp³-hybridized carbons (Fsp3) is 0.429. The minimum atomic E-state index is -0.639. The summed E-state index contributed by atoms with van der Waals surface area (Å²) in [6.07, 6.45) is 7.81. The molecule has 4 rings (SSSR count). The van der Waals surface area contributed by atoms with Crippen LogP contribution in [0.1, 0.15) is 61.6 Å². The number of hydrogen-bond acceptors (Lipinski definition) is 3. The Balaban J connectivity index is 1.46. The van der Waals surface area contributed by atoms with Gasteiger partial charge in [0.15, 0.2) is 0 Å². The van der Waals surface area contributed by atoms with Gasteiger partial charge in [-0.25, -0.2) is 0 Å². The Morgan fingerprint density at radius 1 is 1.00 bits per heavy atom. The Kier molecular flexibility index (Phi) is 8.01. The molecule has 2 amide bonds. The third-order valence-corrected chi connectivity index (χ3v) is 6.97. The van der Waals surface area contributed by atoms with E-state index in [0.29, 0.717) is 13.0 Å². The first-order valence-corrected chi connectivity index (χ1v) is 12.5. The largest absolute Gasteiger partial charge is 0.361 e. The van der Waals surface area contributed by atoms with Crippen LogP contribution < -0.4 is 16.4 Å². The summed E-state index contributed by atoms with van der Waals surface area (Å²) >= 11 is 0. The highest BCUT2D eigenvalue weighted by Crippen LogP contribution is 2.29. The molecule has 2 unspecified atom stereocenters. The van der Waals surface area contributed by atoms with E-state index in [4.69, 9.17) is 5.73 Å². The molecule has 0 spiro atoms. The second-order valence-corrected chi connectivity index (χ2v) is 9.46. The van der Waals surface area contributed by atoms with Gasteiger partial charge < -0.3 is 21.4 Å². The maximum absolute atomic E-state index is 13.5. The summed E-state index contributed by atoms with van der Waals surface area (Å²) in [6, 6.07) is 15.8. The number of unbranched alkanes of at least 4 members (excludes halogenated alkanes) is 3. The lowest BCUT2D eigenvalue weighted by Crippen LogP contribution is -2.52. The molecule has 0 aliphatic heterocycles. The zero-order chi connectivity index (χ0) is 23.9. The van der Waals surface area contributed by atoms with Gasteiger partial charge in [-0.05, 0) is 55.0 Å². The summed E-state index contributed by atoms with van der Waals surface area (Å²) in [5.41, 5.74) is 10.2. The maximum Gasteiger partial charge on any atom is 0.243 e. The number of benzene rings is 2. The minimum absolute atomic E-state index is 0.0516. The van der Waals surface area contributed by atoms with Gasteiger partial charge in [0.25, 0.3) is 0 Å². The summed E-state index contributed by atoms with van der Waals surface area (Å²) in [6.45, 7) is 2.70. The van der Waals surface area contributed by atoms with E-state index in [9.17, 15) is 9.59 Å². The number of para-hydroxylation sites is 1. The van der Waals surface area contributed by atoms with Crippen LogP contribution in [0.3, 0.4) is 0 Å². The average Bonchev–Trinajstić information content (AvgIpc) is 3.45. The van der Waals surface area contributed by atoms with Gasteiger partial charge in [-0.3, -0.25) is 9.59 Å². The van der Waals surface area contributed by atoms with Crippen molar-refractivity contribution in [3.05, 3.63) is 71.4 Å². The van der Waals surface area contributed by atoms with Crippen LogP contribution in [-0.2, 0) is 22.4 Å². The molecule has 1 heterocycles. The van der Waals surface area contributed by atoms with Gasteiger partial charge in [0.2, 0.25) is 11.8 Å². The Morgan fingerprint density at radius 3 is 2.41 bits per heavy atom. The van der Waals surface area contributed by atoms with E-state index >= 15 is 0 Å². The van der Waals surface area contributed by atoms with Crippen molar-refractivity contribution in [2.75, 3.05) is 6.54 Å². The number of fused-ring (bicyclic) bond motifs is 2. The van der Waals surface area contributed by atoms with E-state index in [2.05, 4.69) is 33.8 Å². The van der Waals surface area contributed by atoms with Crippen LogP contribution in [-0.4, -0.2) is 35.4 Å². The normalized spacial score (nSPS) is 15.1. The number of H-pyrrole nitrogens is 1. The summed E-state index contributed by atoms with van der Waals surface area (Å²) < 4.78 is 0. The van der Waals surface area contributed by atoms with Crippen LogP contribution in [0, 0.1) is 0 Å². The quantitative estimate of drug-likeness (QED) is 0.326. The van der Waals surface area contributed by atoms with Crippen molar-refractivity contribution >= 4 is 22.7 Å². The molecule has 5 N–H and O–H groups in total. The topological polar surface area (TPSA) is 100 Å². The monoisotopic (exact) mass is 460 g/mol. The van der Waals surface area contributed by atoms with Crippen LogP contribution >= 0.6 is 0 Å². The fourth-order valence-corrected chi connectivity index (χ4v) is 5.05. The van der Waals surface area contributed by atoms with Crippen LogP contribution in [0.25, 0.3) is 10.9 Å². The Morgan fingerprint density at radius 2 is 1.68 bits per heavy atom. The zero-order valence-electron chi connectivity index (χ0n) is 20.0. The van der Waals surface area contributed by atoms with Crippen molar-refractivity contribution < 1.29 is 9.59 Å². The predicted molar refractivity (Wildman–Crippen MR) is 137 cm³/mol. The molecule has 1 aliphatic carbocycles. The molecule has 0 fully saturated rings. The van der Waals surface area contributed by atoms with E-state index in [-0.39, 0.29) is 23.8 Å². The molecule has 6 nitrogen and oxygen atoms in total. The number of amides is 2. The van der Waals surface area contributed by atoms with Crippen LogP contribution in [0.15, 0.2) is 54.7 Å². The first-order chi connectivity index (χ1) is 16.6. The number of carbonyl (C=O) groups is 2. The van der Waals surface area contributed by atoms with E-state index in [1.54, 1.807) is 0 Å². The number of nitrogens with one attached hydrogen (secondary N) is 3. The molecule has 0 bridgehead atoms. The van der Waals surface area contributed by atoms with Gasteiger partial charge in [-0.15, -0.1) is 0 Å². The van der Waals surface area contributed by atoms with Crippen LogP contribution in [0.2, 0.25) is 0 Å². The van der Waals surface area contributed by atoms with Gasteiger partial charge in [0.05, 0.1) is 0 Å². The molecule has 34 heavy (non-hydrogen) atoms. The SMILES string of the molecule is CC(c1c[nH]c2ccccc12)C(NC(=O)CCCCCCN)C(=O)NC1Cc2ccccc2C1. The van der Waals surface area contributed by atoms with Gasteiger partial charge >= 0.3 is 0 Å². The Labute approximate surface area is 201 Å². The van der Waals surface area contributed by atoms with E-state index in [1.165, 1.54) is 11.1 Å². The van der Waals surface area contributed by atoms with Gasteiger partial charge in [0, 0.05) is 35.5 Å². The second-order valence-electron chi connectivity index (χ2n) is 9.46. The lowest BCUT2D eigenvalue weighted by Gasteiger charge is -2.26. The highest BCUT2D eigenvalue weighted by molar-refractivity contribution is 5.90. The smallest absolute Gasteiger partial charge is 0.243 e. The highest BCUT2D eigenvalue weighted by atomic mass is 16.2. The van der Waals surface area contributed by atoms with E-state index in [1.807, 2.05) is 43.5 Å². The third-order valence-electron chi connectivity index (χ3n) is 6.97. The van der Waals surface area contributed by atoms with Crippen molar-refractivity contribution in [1.29, 1.82) is 0 Å². The van der Waals surface area contributed by atoms with Gasteiger partial charge in [0.1, 0.15) is 6.04 Å². The van der Waals surface area contributed by atoms with E-state index < -0.39 is 6.04 Å². The summed E-state index contributed by atoms with van der Waals surface area (Å²) in [5, 5.41) is 7.38. The summed E-state index contributed by atoms with van der Waals surface area (Å²) in [4.78, 5) is 29.6. The molecule has 180 valence electrons. The average molecular weight is 461 g/mol. The molecule has 1 aliphatic rings. The molecule has 0 saturated carbocycles. The number of carbonyl (C=O) groups excluding carboxylic acids is 2. The molecular formula is C28H36N4O2. The zero-order valence-corrected chi connectivity index (χ0v) is 20.0. The number of rotatable bonds is 11. The van der Waals surface area contributed by atoms with Crippen LogP contribution in [0.5, 0.6) is 0 Å². The molecule has 2 aromatic carbocycles. The summed E-state index contributed by atoms with van der Waals surface area (Å²) in [5.74, 6) is -0.373. The van der Waals surface area contributed by atoms with Crippen molar-refractivity contribution in [3.8, 4) is 0 Å². The van der Waals surface area contributed by atoms with Gasteiger partial charge in [-0.2, -0.15) is 0 Å². The number of aromatic amines is 1. The Hall–Kier alpha value is -3.12. The first kappa shape index (κ1) is 24.0. The minimum Gasteiger partial charge on any atom is -0.361 e.